The first-order chi connectivity index (χ1) is 9.61. The van der Waals surface area contributed by atoms with Gasteiger partial charge in [0.2, 0.25) is 0 Å². The van der Waals surface area contributed by atoms with Crippen molar-refractivity contribution < 1.29 is 59.1 Å². The molecule has 0 amide bonds. The third-order valence-corrected chi connectivity index (χ3v) is 2.54. The van der Waals surface area contributed by atoms with E-state index in [0.717, 1.165) is 9.80 Å². The van der Waals surface area contributed by atoms with E-state index in [4.69, 9.17) is 20.4 Å². The Bertz CT molecular complexity index is 391. The van der Waals surface area contributed by atoms with E-state index in [1.165, 1.54) is 6.92 Å². The normalized spacial score (nSPS) is 10.8. The van der Waals surface area contributed by atoms with Gasteiger partial charge in [0, 0.05) is 12.6 Å². The minimum atomic E-state index is -1.23. The number of rotatable bonds is 11. The Morgan fingerprint density at radius 2 is 1.04 bits per heavy atom. The van der Waals surface area contributed by atoms with Crippen LogP contribution >= 0.6 is 0 Å². The molecule has 1 atom stereocenters. The van der Waals surface area contributed by atoms with Crippen molar-refractivity contribution in [1.29, 1.82) is 0 Å². The van der Waals surface area contributed by atoms with Gasteiger partial charge >= 0.3 is 43.4 Å². The van der Waals surface area contributed by atoms with Gasteiger partial charge in [0.05, 0.1) is 26.2 Å². The summed E-state index contributed by atoms with van der Waals surface area (Å²) in [5.74, 6) is -4.92. The molecule has 0 radical (unpaired) electrons. The summed E-state index contributed by atoms with van der Waals surface area (Å²) < 4.78 is 0. The summed E-state index contributed by atoms with van der Waals surface area (Å²) in [5, 5.41) is 34.9. The fraction of sp³-hybridized carbons (Fsp3) is 0.636. The summed E-state index contributed by atoms with van der Waals surface area (Å²) in [6, 6.07) is -0.643. The van der Waals surface area contributed by atoms with Crippen LogP contribution in [0, 0.1) is 0 Å². The standard InChI is InChI=1S/C11H18N2O8.2H3N.Zn/c1-7(13(5-10(18)19)6-11(20)21)2-12(3-8(14)15)4-9(16)17;;;/h7H,2-6H2,1H3,(H,14,15)(H,16,17)(H,18,19)(H,20,21);2*1H3;/q;;;+2. The van der Waals surface area contributed by atoms with Gasteiger partial charge in [-0.3, -0.25) is 29.0 Å². The van der Waals surface area contributed by atoms with E-state index in [1.54, 1.807) is 0 Å². The SMILES string of the molecule is CC(CN(CC(=O)O)CC(=O)O)N(CC(=O)O)CC(=O)O.N.N.[Zn+2]. The van der Waals surface area contributed by atoms with Crippen LogP contribution in [0.15, 0.2) is 0 Å². The molecule has 136 valence electrons. The van der Waals surface area contributed by atoms with E-state index in [2.05, 4.69) is 0 Å². The Labute approximate surface area is 151 Å². The first-order valence-electron chi connectivity index (χ1n) is 5.95. The fourth-order valence-corrected chi connectivity index (χ4v) is 1.77. The summed E-state index contributed by atoms with van der Waals surface area (Å²) in [7, 11) is 0. The summed E-state index contributed by atoms with van der Waals surface area (Å²) in [5.41, 5.74) is 0. The predicted molar refractivity (Wildman–Crippen MR) is 78.1 cm³/mol. The van der Waals surface area contributed by atoms with Gasteiger partial charge in [-0.15, -0.1) is 0 Å². The van der Waals surface area contributed by atoms with Gasteiger partial charge in [0.1, 0.15) is 0 Å². The molecule has 0 aliphatic heterocycles. The molecule has 0 aromatic heterocycles. The van der Waals surface area contributed by atoms with Crippen LogP contribution in [-0.4, -0.2) is 92.9 Å². The van der Waals surface area contributed by atoms with Crippen molar-refractivity contribution in [2.75, 3.05) is 32.7 Å². The van der Waals surface area contributed by atoms with Crippen molar-refractivity contribution in [1.82, 2.24) is 22.1 Å². The van der Waals surface area contributed by atoms with Gasteiger partial charge in [-0.1, -0.05) is 0 Å². The Morgan fingerprint density at radius 3 is 1.29 bits per heavy atom. The van der Waals surface area contributed by atoms with E-state index in [9.17, 15) is 19.2 Å². The van der Waals surface area contributed by atoms with E-state index >= 15 is 0 Å². The van der Waals surface area contributed by atoms with Crippen LogP contribution in [0.1, 0.15) is 6.92 Å². The zero-order valence-electron chi connectivity index (χ0n) is 13.6. The molecule has 0 aromatic rings. The number of hydrogen-bond donors (Lipinski definition) is 6. The molecule has 0 saturated carbocycles. The van der Waals surface area contributed by atoms with Crippen molar-refractivity contribution in [3.8, 4) is 0 Å². The Hall–Kier alpha value is -1.66. The second-order valence-electron chi connectivity index (χ2n) is 4.50. The van der Waals surface area contributed by atoms with Crippen molar-refractivity contribution in [3.63, 3.8) is 0 Å². The number of carbonyl (C=O) groups is 4. The summed E-state index contributed by atoms with van der Waals surface area (Å²) in [6.45, 7) is -0.736. The van der Waals surface area contributed by atoms with Crippen LogP contribution in [0.2, 0.25) is 0 Å². The van der Waals surface area contributed by atoms with Crippen LogP contribution in [0.3, 0.4) is 0 Å². The van der Waals surface area contributed by atoms with Crippen LogP contribution in [0.4, 0.5) is 0 Å². The van der Waals surface area contributed by atoms with Crippen molar-refractivity contribution >= 4 is 23.9 Å². The molecule has 0 heterocycles. The fourth-order valence-electron chi connectivity index (χ4n) is 1.77. The van der Waals surface area contributed by atoms with Crippen molar-refractivity contribution in [2.45, 2.75) is 13.0 Å². The van der Waals surface area contributed by atoms with Crippen LogP contribution in [-0.2, 0) is 38.7 Å². The molecule has 0 aliphatic rings. The van der Waals surface area contributed by atoms with E-state index in [-0.39, 0.29) is 38.3 Å². The third kappa shape index (κ3) is 15.2. The largest absolute Gasteiger partial charge is 2.00 e. The average molecular weight is 406 g/mol. The molecule has 0 aromatic carbocycles. The van der Waals surface area contributed by atoms with Crippen molar-refractivity contribution in [2.24, 2.45) is 0 Å². The maximum Gasteiger partial charge on any atom is 2.00 e. The maximum atomic E-state index is 10.7. The monoisotopic (exact) mass is 404 g/mol. The maximum absolute atomic E-state index is 10.7. The van der Waals surface area contributed by atoms with Gasteiger partial charge in [0.25, 0.3) is 0 Å². The average Bonchev–Trinajstić information content (AvgIpc) is 2.24. The molecule has 10 N–H and O–H groups in total. The first-order valence-corrected chi connectivity index (χ1v) is 5.95. The summed E-state index contributed by atoms with van der Waals surface area (Å²) in [6.07, 6.45) is 0. The quantitative estimate of drug-likeness (QED) is 0.219. The number of hydrogen-bond acceptors (Lipinski definition) is 8. The molecule has 0 aliphatic carbocycles. The topological polar surface area (TPSA) is 226 Å². The minimum absolute atomic E-state index is 0. The summed E-state index contributed by atoms with van der Waals surface area (Å²) >= 11 is 0. The zero-order valence-corrected chi connectivity index (χ0v) is 16.5. The molecular formula is C11H24N4O8Zn+2. The Morgan fingerprint density at radius 1 is 0.750 bits per heavy atom. The molecule has 0 saturated heterocycles. The Kier molecular flexibility index (Phi) is 18.8. The number of nitrogens with zero attached hydrogens (tertiary/aromatic N) is 2. The van der Waals surface area contributed by atoms with Crippen LogP contribution < -0.4 is 12.3 Å². The van der Waals surface area contributed by atoms with E-state index in [1.807, 2.05) is 0 Å². The molecule has 0 bridgehead atoms. The molecular weight excluding hydrogens is 382 g/mol. The zero-order chi connectivity index (χ0) is 16.6. The minimum Gasteiger partial charge on any atom is -0.480 e. The van der Waals surface area contributed by atoms with Crippen LogP contribution in [0.25, 0.3) is 0 Å². The van der Waals surface area contributed by atoms with E-state index in [0.29, 0.717) is 0 Å². The molecule has 0 fully saturated rings. The van der Waals surface area contributed by atoms with E-state index < -0.39 is 56.1 Å². The Balaban J connectivity index is -0.000000667. The second kappa shape index (κ2) is 14.9. The predicted octanol–water partition coefficient (Wildman–Crippen LogP) is -1.36. The molecule has 1 unspecified atom stereocenters. The van der Waals surface area contributed by atoms with Crippen molar-refractivity contribution in [3.05, 3.63) is 0 Å². The molecule has 13 heteroatoms. The third-order valence-electron chi connectivity index (χ3n) is 2.54. The van der Waals surface area contributed by atoms with Gasteiger partial charge in [-0.25, -0.2) is 0 Å². The first kappa shape index (κ1) is 30.2. The summed E-state index contributed by atoms with van der Waals surface area (Å²) in [4.78, 5) is 44.9. The van der Waals surface area contributed by atoms with Gasteiger partial charge < -0.3 is 32.7 Å². The number of carboxylic acid groups (broad SMARTS) is 4. The smallest absolute Gasteiger partial charge is 0.480 e. The molecule has 12 nitrogen and oxygen atoms in total. The number of carboxylic acids is 4. The second-order valence-corrected chi connectivity index (χ2v) is 4.50. The van der Waals surface area contributed by atoms with Gasteiger partial charge in [-0.05, 0) is 6.92 Å². The number of aliphatic carboxylic acids is 4. The molecule has 0 rings (SSSR count). The molecule has 0 spiro atoms. The van der Waals surface area contributed by atoms with Crippen LogP contribution in [0.5, 0.6) is 0 Å². The van der Waals surface area contributed by atoms with Gasteiger partial charge in [-0.2, -0.15) is 0 Å². The molecule has 24 heavy (non-hydrogen) atoms. The van der Waals surface area contributed by atoms with Gasteiger partial charge in [0.15, 0.2) is 0 Å².